The minimum atomic E-state index is -4.97. The van der Waals surface area contributed by atoms with Crippen molar-refractivity contribution >= 4 is 28.7 Å². The summed E-state index contributed by atoms with van der Waals surface area (Å²) in [6.07, 6.45) is 1.41. The van der Waals surface area contributed by atoms with E-state index in [1.165, 1.54) is 17.4 Å². The molecule has 1 amide bonds. The number of carbonyl (C=O) groups excluding carboxylic acids is 1. The number of hydrogen-bond acceptors (Lipinski definition) is 8. The smallest absolute Gasteiger partial charge is 0.376 e. The lowest BCUT2D eigenvalue weighted by atomic mass is 10.1. The number of benzene rings is 2. The molecular weight excluding hydrogens is 552 g/mol. The van der Waals surface area contributed by atoms with Gasteiger partial charge in [-0.2, -0.15) is 13.2 Å². The molecule has 0 unspecified atom stereocenters. The van der Waals surface area contributed by atoms with E-state index in [0.29, 0.717) is 49.3 Å². The zero-order valence-electron chi connectivity index (χ0n) is 23.9. The summed E-state index contributed by atoms with van der Waals surface area (Å²) < 4.78 is 56.6. The van der Waals surface area contributed by atoms with E-state index < -0.39 is 23.5 Å². The van der Waals surface area contributed by atoms with Crippen LogP contribution < -0.4 is 21.1 Å². The summed E-state index contributed by atoms with van der Waals surface area (Å²) in [7, 11) is 3.68. The summed E-state index contributed by atoms with van der Waals surface area (Å²) >= 11 is 0. The van der Waals surface area contributed by atoms with Gasteiger partial charge in [-0.05, 0) is 43.3 Å². The van der Waals surface area contributed by atoms with Crippen molar-refractivity contribution in [1.82, 2.24) is 19.8 Å². The molecule has 9 nitrogen and oxygen atoms in total. The SMILES string of the molecule is CCN1CCN(c2cc(C(=O)Nc3ccc(C)c(N(N)/C=C(/c4cncnc4)N(C)C)c3)cc(C(F)(F)F)c2F)CC1. The molecule has 1 aromatic heterocycles. The zero-order valence-corrected chi connectivity index (χ0v) is 23.9. The molecule has 1 fully saturated rings. The highest BCUT2D eigenvalue weighted by molar-refractivity contribution is 6.05. The molecule has 224 valence electrons. The van der Waals surface area contributed by atoms with Crippen LogP contribution >= 0.6 is 0 Å². The number of nitrogens with two attached hydrogens (primary N) is 1. The van der Waals surface area contributed by atoms with Gasteiger partial charge >= 0.3 is 6.18 Å². The molecule has 13 heteroatoms. The van der Waals surface area contributed by atoms with E-state index in [1.807, 2.05) is 32.8 Å². The lowest BCUT2D eigenvalue weighted by molar-refractivity contribution is -0.139. The van der Waals surface area contributed by atoms with Crippen molar-refractivity contribution in [2.75, 3.05) is 62.0 Å². The van der Waals surface area contributed by atoms with Crippen LogP contribution in [-0.4, -0.2) is 72.5 Å². The Hall–Kier alpha value is -4.23. The number of amides is 1. The molecule has 1 aliphatic heterocycles. The Kier molecular flexibility index (Phi) is 9.32. The van der Waals surface area contributed by atoms with E-state index in [-0.39, 0.29) is 11.3 Å². The third-order valence-electron chi connectivity index (χ3n) is 7.13. The van der Waals surface area contributed by atoms with Crippen molar-refractivity contribution < 1.29 is 22.4 Å². The van der Waals surface area contributed by atoms with E-state index >= 15 is 4.39 Å². The predicted octanol–water partition coefficient (Wildman–Crippen LogP) is 4.58. The molecule has 0 spiro atoms. The third-order valence-corrected chi connectivity index (χ3v) is 7.13. The van der Waals surface area contributed by atoms with Crippen LogP contribution in [0.4, 0.5) is 34.6 Å². The Morgan fingerprint density at radius 2 is 1.74 bits per heavy atom. The van der Waals surface area contributed by atoms with Crippen molar-refractivity contribution in [2.45, 2.75) is 20.0 Å². The van der Waals surface area contributed by atoms with E-state index in [9.17, 15) is 18.0 Å². The number of piperazine rings is 1. The predicted molar refractivity (Wildman–Crippen MR) is 155 cm³/mol. The number of carbonyl (C=O) groups is 1. The number of anilines is 3. The van der Waals surface area contributed by atoms with Gasteiger partial charge in [0.2, 0.25) is 0 Å². The second-order valence-corrected chi connectivity index (χ2v) is 10.2. The summed E-state index contributed by atoms with van der Waals surface area (Å²) in [5.41, 5.74) is 1.03. The highest BCUT2D eigenvalue weighted by atomic mass is 19.4. The number of nitrogens with one attached hydrogen (secondary N) is 1. The summed E-state index contributed by atoms with van der Waals surface area (Å²) in [5, 5.41) is 4.02. The van der Waals surface area contributed by atoms with Gasteiger partial charge in [-0.1, -0.05) is 13.0 Å². The second kappa shape index (κ2) is 12.7. The summed E-state index contributed by atoms with van der Waals surface area (Å²) in [6, 6.07) is 6.68. The highest BCUT2D eigenvalue weighted by Crippen LogP contribution is 2.37. The van der Waals surface area contributed by atoms with Crippen LogP contribution in [0.1, 0.15) is 34.0 Å². The standard InChI is InChI=1S/C29H34F4N8O/c1-5-39-8-10-40(11-9-39)25-13-20(12-23(27(25)30)29(31,32)33)28(42)37-22-7-6-19(2)24(14-22)41(34)17-26(38(3)4)21-15-35-18-36-16-21/h6-7,12-18H,5,8-11,34H2,1-4H3,(H,37,42)/b26-17-. The van der Waals surface area contributed by atoms with Crippen LogP contribution in [-0.2, 0) is 6.18 Å². The average Bonchev–Trinajstić information content (AvgIpc) is 2.96. The molecule has 2 aromatic carbocycles. The maximum atomic E-state index is 15.1. The Morgan fingerprint density at radius 3 is 2.33 bits per heavy atom. The van der Waals surface area contributed by atoms with Crippen LogP contribution in [0.25, 0.3) is 5.70 Å². The summed E-state index contributed by atoms with van der Waals surface area (Å²) in [5.74, 6) is 4.20. The van der Waals surface area contributed by atoms with E-state index in [1.54, 1.807) is 41.7 Å². The fraction of sp³-hybridized carbons (Fsp3) is 0.345. The number of halogens is 4. The fourth-order valence-corrected chi connectivity index (χ4v) is 4.73. The summed E-state index contributed by atoms with van der Waals surface area (Å²) in [4.78, 5) is 26.9. The first kappa shape index (κ1) is 30.7. The van der Waals surface area contributed by atoms with Crippen molar-refractivity contribution in [3.05, 3.63) is 83.3 Å². The van der Waals surface area contributed by atoms with Crippen molar-refractivity contribution in [3.63, 3.8) is 0 Å². The number of rotatable bonds is 8. The first-order valence-electron chi connectivity index (χ1n) is 13.4. The molecule has 0 aliphatic carbocycles. The number of likely N-dealkylation sites (N-methyl/N-ethyl adjacent to an activating group) is 1. The number of aromatic nitrogens is 2. The lowest BCUT2D eigenvalue weighted by Crippen LogP contribution is -2.46. The number of hydrogen-bond donors (Lipinski definition) is 2. The number of hydrazine groups is 1. The molecule has 0 bridgehead atoms. The summed E-state index contributed by atoms with van der Waals surface area (Å²) in [6.45, 7) is 6.46. The first-order valence-corrected chi connectivity index (χ1v) is 13.4. The number of nitrogens with zero attached hydrogens (tertiary/aromatic N) is 6. The second-order valence-electron chi connectivity index (χ2n) is 10.2. The van der Waals surface area contributed by atoms with E-state index in [4.69, 9.17) is 5.84 Å². The zero-order chi connectivity index (χ0) is 30.6. The van der Waals surface area contributed by atoms with Gasteiger partial charge in [0.15, 0.2) is 5.82 Å². The van der Waals surface area contributed by atoms with Gasteiger partial charge in [-0.25, -0.2) is 20.2 Å². The number of alkyl halides is 3. The molecule has 0 radical (unpaired) electrons. The topological polar surface area (TPSA) is 93.9 Å². The van der Waals surface area contributed by atoms with E-state index in [0.717, 1.165) is 17.7 Å². The molecule has 42 heavy (non-hydrogen) atoms. The van der Waals surface area contributed by atoms with Gasteiger partial charge < -0.3 is 20.0 Å². The maximum Gasteiger partial charge on any atom is 0.419 e. The Morgan fingerprint density at radius 1 is 1.07 bits per heavy atom. The molecule has 1 aliphatic rings. The van der Waals surface area contributed by atoms with E-state index in [2.05, 4.69) is 20.2 Å². The van der Waals surface area contributed by atoms with Crippen molar-refractivity contribution in [1.29, 1.82) is 0 Å². The van der Waals surface area contributed by atoms with Crippen LogP contribution in [0, 0.1) is 12.7 Å². The normalized spacial score (nSPS) is 14.6. The molecule has 0 atom stereocenters. The molecule has 4 rings (SSSR count). The van der Waals surface area contributed by atoms with Gasteiger partial charge in [0.1, 0.15) is 6.33 Å². The van der Waals surface area contributed by atoms with Gasteiger partial charge in [-0.3, -0.25) is 9.80 Å². The lowest BCUT2D eigenvalue weighted by Gasteiger charge is -2.36. The first-order chi connectivity index (χ1) is 19.9. The van der Waals surface area contributed by atoms with Gasteiger partial charge in [0.05, 0.1) is 22.6 Å². The molecule has 3 aromatic rings. The molecule has 3 N–H and O–H groups in total. The third kappa shape index (κ3) is 6.97. The van der Waals surface area contributed by atoms with Gasteiger partial charge in [0, 0.05) is 75.7 Å². The average molecular weight is 587 g/mol. The van der Waals surface area contributed by atoms with Crippen molar-refractivity contribution in [3.8, 4) is 0 Å². The Balaban J connectivity index is 1.63. The molecule has 0 saturated carbocycles. The van der Waals surface area contributed by atoms with Crippen molar-refractivity contribution in [2.24, 2.45) is 5.84 Å². The minimum absolute atomic E-state index is 0.241. The largest absolute Gasteiger partial charge is 0.419 e. The molecular formula is C29H34F4N8O. The molecule has 2 heterocycles. The Labute approximate surface area is 242 Å². The van der Waals surface area contributed by atoms with Gasteiger partial charge in [0.25, 0.3) is 5.91 Å². The minimum Gasteiger partial charge on any atom is -0.376 e. The molecule has 1 saturated heterocycles. The number of aryl methyl sites for hydroxylation is 1. The van der Waals surface area contributed by atoms with Crippen LogP contribution in [0.3, 0.4) is 0 Å². The van der Waals surface area contributed by atoms with Crippen LogP contribution in [0.5, 0.6) is 0 Å². The Bertz CT molecular complexity index is 1440. The quantitative estimate of drug-likeness (QED) is 0.225. The highest BCUT2D eigenvalue weighted by Gasteiger charge is 2.37. The fourth-order valence-electron chi connectivity index (χ4n) is 4.73. The monoisotopic (exact) mass is 586 g/mol. The maximum absolute atomic E-state index is 15.1. The van der Waals surface area contributed by atoms with Gasteiger partial charge in [-0.15, -0.1) is 0 Å². The van der Waals surface area contributed by atoms with Crippen LogP contribution in [0.2, 0.25) is 0 Å². The van der Waals surface area contributed by atoms with Crippen LogP contribution in [0.15, 0.2) is 55.3 Å².